The lowest BCUT2D eigenvalue weighted by Gasteiger charge is -2.12. The van der Waals surface area contributed by atoms with Crippen molar-refractivity contribution in [2.24, 2.45) is 0 Å². The average molecular weight is 275 g/mol. The van der Waals surface area contributed by atoms with Crippen molar-refractivity contribution in [2.75, 3.05) is 18.4 Å². The molecule has 0 aromatic heterocycles. The Morgan fingerprint density at radius 3 is 2.47 bits per heavy atom. The molecule has 0 aromatic rings. The van der Waals surface area contributed by atoms with Gasteiger partial charge in [0, 0.05) is 37.0 Å². The van der Waals surface area contributed by atoms with Gasteiger partial charge in [-0.05, 0) is 0 Å². The van der Waals surface area contributed by atoms with Crippen LogP contribution in [0.15, 0.2) is 12.2 Å². The molecule has 0 aliphatic carbocycles. The van der Waals surface area contributed by atoms with Gasteiger partial charge in [-0.2, -0.15) is 0 Å². The fourth-order valence-electron chi connectivity index (χ4n) is 1.14. The van der Waals surface area contributed by atoms with Gasteiger partial charge in [0.25, 0.3) is 11.8 Å². The highest BCUT2D eigenvalue weighted by molar-refractivity contribution is 9.09. The van der Waals surface area contributed by atoms with E-state index in [9.17, 15) is 14.4 Å². The van der Waals surface area contributed by atoms with Gasteiger partial charge in [-0.3, -0.25) is 19.3 Å². The Morgan fingerprint density at radius 1 is 1.33 bits per heavy atom. The van der Waals surface area contributed by atoms with Crippen molar-refractivity contribution in [1.29, 1.82) is 0 Å². The molecule has 0 aromatic carbocycles. The lowest BCUT2D eigenvalue weighted by atomic mass is 10.3. The van der Waals surface area contributed by atoms with Crippen LogP contribution in [0.3, 0.4) is 0 Å². The van der Waals surface area contributed by atoms with E-state index in [1.165, 1.54) is 12.2 Å². The molecule has 0 unspecified atom stereocenters. The lowest BCUT2D eigenvalue weighted by molar-refractivity contribution is -0.137. The summed E-state index contributed by atoms with van der Waals surface area (Å²) in [5, 5.41) is 3.31. The number of rotatable bonds is 5. The van der Waals surface area contributed by atoms with Gasteiger partial charge in [0.2, 0.25) is 5.91 Å². The average Bonchev–Trinajstić information content (AvgIpc) is 2.53. The molecule has 0 radical (unpaired) electrons. The second-order valence-electron chi connectivity index (χ2n) is 2.95. The molecule has 1 heterocycles. The third-order valence-electron chi connectivity index (χ3n) is 1.88. The first kappa shape index (κ1) is 11.9. The Balaban J connectivity index is 2.28. The third-order valence-corrected chi connectivity index (χ3v) is 2.28. The Hall–Kier alpha value is -1.17. The van der Waals surface area contributed by atoms with E-state index >= 15 is 0 Å². The summed E-state index contributed by atoms with van der Waals surface area (Å²) in [5.41, 5.74) is 0. The van der Waals surface area contributed by atoms with Crippen LogP contribution in [0.5, 0.6) is 0 Å². The summed E-state index contributed by atoms with van der Waals surface area (Å²) in [5.74, 6) is -0.872. The minimum absolute atomic E-state index is 0.138. The summed E-state index contributed by atoms with van der Waals surface area (Å²) in [6, 6.07) is 0. The van der Waals surface area contributed by atoms with E-state index in [2.05, 4.69) is 21.2 Å². The number of nitrogens with zero attached hydrogens (tertiary/aromatic N) is 1. The van der Waals surface area contributed by atoms with Crippen molar-refractivity contribution in [1.82, 2.24) is 10.2 Å². The largest absolute Gasteiger partial charge is 0.355 e. The Kier molecular flexibility index (Phi) is 4.48. The fraction of sp³-hybridized carbons (Fsp3) is 0.444. The molecule has 5 nitrogen and oxygen atoms in total. The minimum atomic E-state index is -0.353. The van der Waals surface area contributed by atoms with Gasteiger partial charge in [-0.25, -0.2) is 0 Å². The maximum atomic E-state index is 11.2. The predicted molar refractivity (Wildman–Crippen MR) is 57.3 cm³/mol. The van der Waals surface area contributed by atoms with Crippen LogP contribution in [0.1, 0.15) is 6.42 Å². The first-order valence-corrected chi connectivity index (χ1v) is 5.63. The van der Waals surface area contributed by atoms with Gasteiger partial charge in [0.05, 0.1) is 0 Å². The van der Waals surface area contributed by atoms with Crippen molar-refractivity contribution in [3.05, 3.63) is 12.2 Å². The highest BCUT2D eigenvalue weighted by Gasteiger charge is 2.23. The number of nitrogens with one attached hydrogen (secondary N) is 1. The molecule has 0 bridgehead atoms. The van der Waals surface area contributed by atoms with Crippen LogP contribution < -0.4 is 5.32 Å². The van der Waals surface area contributed by atoms with Crippen molar-refractivity contribution < 1.29 is 14.4 Å². The number of alkyl halides is 1. The zero-order valence-corrected chi connectivity index (χ0v) is 9.62. The van der Waals surface area contributed by atoms with Gasteiger partial charge >= 0.3 is 0 Å². The van der Waals surface area contributed by atoms with Crippen molar-refractivity contribution in [2.45, 2.75) is 6.42 Å². The SMILES string of the molecule is O=C(CCN1C(=O)C=CC1=O)NCCBr. The lowest BCUT2D eigenvalue weighted by Crippen LogP contribution is -2.35. The van der Waals surface area contributed by atoms with E-state index < -0.39 is 0 Å². The molecule has 0 saturated heterocycles. The molecule has 0 fully saturated rings. The van der Waals surface area contributed by atoms with E-state index in [0.717, 1.165) is 4.90 Å². The smallest absolute Gasteiger partial charge is 0.253 e. The molecule has 15 heavy (non-hydrogen) atoms. The molecule has 1 N–H and O–H groups in total. The van der Waals surface area contributed by atoms with Crippen molar-refractivity contribution >= 4 is 33.7 Å². The normalized spacial score (nSPS) is 14.9. The quantitative estimate of drug-likeness (QED) is 0.558. The monoisotopic (exact) mass is 274 g/mol. The number of carbonyl (C=O) groups excluding carboxylic acids is 3. The number of hydrogen-bond donors (Lipinski definition) is 1. The molecule has 6 heteroatoms. The molecule has 0 spiro atoms. The molecule has 1 aliphatic rings. The molecule has 0 saturated carbocycles. The Labute approximate surface area is 95.6 Å². The van der Waals surface area contributed by atoms with Crippen LogP contribution >= 0.6 is 15.9 Å². The second-order valence-corrected chi connectivity index (χ2v) is 3.74. The topological polar surface area (TPSA) is 66.5 Å². The Morgan fingerprint density at radius 2 is 1.93 bits per heavy atom. The second kappa shape index (κ2) is 5.65. The van der Waals surface area contributed by atoms with Gasteiger partial charge < -0.3 is 5.32 Å². The molecule has 0 atom stereocenters. The molecule has 1 aliphatic heterocycles. The molecular formula is C9H11BrN2O3. The van der Waals surface area contributed by atoms with E-state index in [4.69, 9.17) is 0 Å². The number of halogens is 1. The number of amides is 3. The maximum absolute atomic E-state index is 11.2. The van der Waals surface area contributed by atoms with E-state index in [0.29, 0.717) is 11.9 Å². The van der Waals surface area contributed by atoms with Gasteiger partial charge in [0.1, 0.15) is 0 Å². The summed E-state index contributed by atoms with van der Waals surface area (Å²) >= 11 is 3.17. The van der Waals surface area contributed by atoms with Crippen LogP contribution in [0.25, 0.3) is 0 Å². The van der Waals surface area contributed by atoms with Crippen LogP contribution in [-0.4, -0.2) is 41.0 Å². The summed E-state index contributed by atoms with van der Waals surface area (Å²) < 4.78 is 0. The van der Waals surface area contributed by atoms with Crippen LogP contribution in [0.2, 0.25) is 0 Å². The predicted octanol–water partition coefficient (Wildman–Crippen LogP) is -0.187. The minimum Gasteiger partial charge on any atom is -0.355 e. The zero-order valence-electron chi connectivity index (χ0n) is 8.03. The molecular weight excluding hydrogens is 264 g/mol. The zero-order chi connectivity index (χ0) is 11.3. The van der Waals surface area contributed by atoms with Gasteiger partial charge in [0.15, 0.2) is 0 Å². The summed E-state index contributed by atoms with van der Waals surface area (Å²) in [6.45, 7) is 0.678. The highest BCUT2D eigenvalue weighted by atomic mass is 79.9. The first-order valence-electron chi connectivity index (χ1n) is 4.51. The maximum Gasteiger partial charge on any atom is 0.253 e. The summed E-state index contributed by atoms with van der Waals surface area (Å²) in [6.07, 6.45) is 2.56. The van der Waals surface area contributed by atoms with Crippen LogP contribution in [0.4, 0.5) is 0 Å². The van der Waals surface area contributed by atoms with Crippen molar-refractivity contribution in [3.8, 4) is 0 Å². The molecule has 1 rings (SSSR count). The standard InChI is InChI=1S/C9H11BrN2O3/c10-4-5-11-7(13)3-6-12-8(14)1-2-9(12)15/h1-2H,3-6H2,(H,11,13). The van der Waals surface area contributed by atoms with Gasteiger partial charge in [-0.15, -0.1) is 0 Å². The molecule has 82 valence electrons. The Bertz CT molecular complexity index is 296. The van der Waals surface area contributed by atoms with E-state index in [1.807, 2.05) is 0 Å². The van der Waals surface area contributed by atoms with Gasteiger partial charge in [-0.1, -0.05) is 15.9 Å². The number of hydrogen-bond acceptors (Lipinski definition) is 3. The third kappa shape index (κ3) is 3.47. The van der Waals surface area contributed by atoms with Crippen molar-refractivity contribution in [3.63, 3.8) is 0 Å². The number of imide groups is 1. The summed E-state index contributed by atoms with van der Waals surface area (Å²) in [4.78, 5) is 34.4. The van der Waals surface area contributed by atoms with E-state index in [-0.39, 0.29) is 30.7 Å². The molecule has 3 amide bonds. The fourth-order valence-corrected chi connectivity index (χ4v) is 1.34. The first-order chi connectivity index (χ1) is 7.15. The van der Waals surface area contributed by atoms with Crippen LogP contribution in [-0.2, 0) is 14.4 Å². The highest BCUT2D eigenvalue weighted by Crippen LogP contribution is 2.03. The van der Waals surface area contributed by atoms with Crippen LogP contribution in [0, 0.1) is 0 Å². The number of carbonyl (C=O) groups is 3. The summed E-state index contributed by atoms with van der Waals surface area (Å²) in [7, 11) is 0. The van der Waals surface area contributed by atoms with E-state index in [1.54, 1.807) is 0 Å².